The van der Waals surface area contributed by atoms with Crippen LogP contribution in [0, 0.1) is 0 Å². The van der Waals surface area contributed by atoms with E-state index >= 15 is 0 Å². The smallest absolute Gasteiger partial charge is 0.262 e. The van der Waals surface area contributed by atoms with Crippen LogP contribution in [0.25, 0.3) is 0 Å². The predicted octanol–water partition coefficient (Wildman–Crippen LogP) is 4.71. The SMILES string of the molecule is O=C(NCCN1C=NCC1)c1cccc(Oc2ncc(Cl)cc2NS(=O)(=O)c2ccc(Cl)c(Cl)c2)c1. The van der Waals surface area contributed by atoms with Crippen LogP contribution in [0.2, 0.25) is 15.1 Å². The molecule has 0 atom stereocenters. The molecular weight excluding hydrogens is 549 g/mol. The van der Waals surface area contributed by atoms with Crippen molar-refractivity contribution in [1.82, 2.24) is 15.2 Å². The highest BCUT2D eigenvalue weighted by Crippen LogP contribution is 2.32. The zero-order valence-corrected chi connectivity index (χ0v) is 21.7. The van der Waals surface area contributed by atoms with E-state index in [1.165, 1.54) is 36.5 Å². The Morgan fingerprint density at radius 3 is 2.67 bits per heavy atom. The van der Waals surface area contributed by atoms with Gasteiger partial charge in [-0.2, -0.15) is 0 Å². The Bertz CT molecular complexity index is 1420. The first-order chi connectivity index (χ1) is 17.2. The summed E-state index contributed by atoms with van der Waals surface area (Å²) in [5.41, 5.74) is 0.366. The molecular formula is C23H20Cl3N5O4S. The van der Waals surface area contributed by atoms with E-state index < -0.39 is 10.0 Å². The van der Waals surface area contributed by atoms with Crippen LogP contribution in [-0.2, 0) is 10.0 Å². The van der Waals surface area contributed by atoms with E-state index in [1.807, 2.05) is 4.90 Å². The minimum absolute atomic E-state index is 0.00398. The highest BCUT2D eigenvalue weighted by molar-refractivity contribution is 7.92. The lowest BCUT2D eigenvalue weighted by atomic mass is 10.2. The van der Waals surface area contributed by atoms with Gasteiger partial charge in [0.05, 0.1) is 32.8 Å². The van der Waals surface area contributed by atoms with Gasteiger partial charge in [-0.1, -0.05) is 40.9 Å². The predicted molar refractivity (Wildman–Crippen MR) is 140 cm³/mol. The second-order valence-electron chi connectivity index (χ2n) is 7.63. The molecule has 13 heteroatoms. The number of amides is 1. The average molecular weight is 569 g/mol. The van der Waals surface area contributed by atoms with E-state index in [-0.39, 0.29) is 43.2 Å². The van der Waals surface area contributed by atoms with E-state index in [0.717, 1.165) is 13.1 Å². The lowest BCUT2D eigenvalue weighted by Crippen LogP contribution is -2.33. The number of carbonyl (C=O) groups is 1. The van der Waals surface area contributed by atoms with Gasteiger partial charge >= 0.3 is 0 Å². The Labute approximate surface area is 223 Å². The molecule has 188 valence electrons. The number of pyridine rings is 1. The van der Waals surface area contributed by atoms with Gasteiger partial charge < -0.3 is 15.0 Å². The Hall–Kier alpha value is -3.05. The number of nitrogens with zero attached hydrogens (tertiary/aromatic N) is 3. The molecule has 1 aliphatic heterocycles. The fourth-order valence-electron chi connectivity index (χ4n) is 3.24. The van der Waals surface area contributed by atoms with Crippen molar-refractivity contribution in [3.63, 3.8) is 0 Å². The van der Waals surface area contributed by atoms with Gasteiger partial charge in [0.1, 0.15) is 11.4 Å². The van der Waals surface area contributed by atoms with Crippen LogP contribution in [0.15, 0.2) is 64.6 Å². The number of aromatic nitrogens is 1. The van der Waals surface area contributed by atoms with Gasteiger partial charge in [0.25, 0.3) is 15.9 Å². The molecule has 0 saturated heterocycles. The molecule has 2 N–H and O–H groups in total. The maximum atomic E-state index is 12.9. The molecule has 0 spiro atoms. The second kappa shape index (κ2) is 11.3. The van der Waals surface area contributed by atoms with Crippen LogP contribution < -0.4 is 14.8 Å². The Morgan fingerprint density at radius 1 is 1.08 bits per heavy atom. The van der Waals surface area contributed by atoms with Gasteiger partial charge in [-0.15, -0.1) is 0 Å². The van der Waals surface area contributed by atoms with E-state index in [9.17, 15) is 13.2 Å². The second-order valence-corrected chi connectivity index (χ2v) is 10.6. The van der Waals surface area contributed by atoms with Crippen molar-refractivity contribution in [2.45, 2.75) is 4.90 Å². The van der Waals surface area contributed by atoms with Crippen molar-refractivity contribution in [2.75, 3.05) is 30.9 Å². The fourth-order valence-corrected chi connectivity index (χ4v) is 4.84. The largest absolute Gasteiger partial charge is 0.437 e. The minimum atomic E-state index is -4.07. The summed E-state index contributed by atoms with van der Waals surface area (Å²) in [4.78, 5) is 22.7. The molecule has 2 heterocycles. The standard InChI is InChI=1S/C23H20Cl3N5O4S/c24-16-11-21(30-36(33,34)18-4-5-19(25)20(26)12-18)23(29-13-16)35-17-3-1-2-15(10-17)22(32)28-7-9-31-8-6-27-14-31/h1-5,10-14,30H,6-9H2,(H,28,32). The number of anilines is 1. The van der Waals surface area contributed by atoms with Crippen LogP contribution in [0.5, 0.6) is 11.6 Å². The molecule has 2 aromatic carbocycles. The maximum absolute atomic E-state index is 12.9. The molecule has 0 aliphatic carbocycles. The lowest BCUT2D eigenvalue weighted by molar-refractivity contribution is 0.0951. The van der Waals surface area contributed by atoms with Gasteiger partial charge in [-0.3, -0.25) is 14.5 Å². The van der Waals surface area contributed by atoms with Gasteiger partial charge in [0.15, 0.2) is 0 Å². The molecule has 4 rings (SSSR count). The number of carbonyl (C=O) groups excluding carboxylic acids is 1. The molecule has 0 bridgehead atoms. The number of rotatable bonds is 9. The third kappa shape index (κ3) is 6.58. The number of halogens is 3. The number of ether oxygens (including phenoxy) is 1. The first-order valence-electron chi connectivity index (χ1n) is 10.6. The summed E-state index contributed by atoms with van der Waals surface area (Å²) in [6.45, 7) is 2.71. The van der Waals surface area contributed by atoms with Crippen molar-refractivity contribution < 1.29 is 17.9 Å². The summed E-state index contributed by atoms with van der Waals surface area (Å²) in [6.07, 6.45) is 3.08. The summed E-state index contributed by atoms with van der Waals surface area (Å²) in [6, 6.07) is 11.7. The molecule has 3 aromatic rings. The topological polar surface area (TPSA) is 113 Å². The highest BCUT2D eigenvalue weighted by atomic mass is 35.5. The van der Waals surface area contributed by atoms with E-state index in [0.29, 0.717) is 18.7 Å². The first-order valence-corrected chi connectivity index (χ1v) is 13.3. The van der Waals surface area contributed by atoms with Crippen LogP contribution in [0.1, 0.15) is 10.4 Å². The van der Waals surface area contributed by atoms with Gasteiger partial charge in [0.2, 0.25) is 5.88 Å². The Morgan fingerprint density at radius 2 is 1.92 bits per heavy atom. The van der Waals surface area contributed by atoms with Crippen LogP contribution in [0.4, 0.5) is 5.69 Å². The molecule has 0 radical (unpaired) electrons. The van der Waals surface area contributed by atoms with Crippen molar-refractivity contribution in [1.29, 1.82) is 0 Å². The number of sulfonamides is 1. The highest BCUT2D eigenvalue weighted by Gasteiger charge is 2.20. The third-order valence-corrected chi connectivity index (χ3v) is 7.33. The third-order valence-electron chi connectivity index (χ3n) is 5.02. The Balaban J connectivity index is 1.49. The molecule has 1 amide bonds. The number of nitrogens with one attached hydrogen (secondary N) is 2. The normalized spacial score (nSPS) is 13.0. The van der Waals surface area contributed by atoms with Crippen molar-refractivity contribution >= 4 is 62.8 Å². The molecule has 36 heavy (non-hydrogen) atoms. The number of hydrogen-bond acceptors (Lipinski definition) is 7. The summed E-state index contributed by atoms with van der Waals surface area (Å²) in [5, 5.41) is 3.34. The first kappa shape index (κ1) is 26.0. The molecule has 0 saturated carbocycles. The van der Waals surface area contributed by atoms with Crippen LogP contribution in [0.3, 0.4) is 0 Å². The quantitative estimate of drug-likeness (QED) is 0.387. The van der Waals surface area contributed by atoms with Gasteiger partial charge in [-0.25, -0.2) is 13.4 Å². The van der Waals surface area contributed by atoms with E-state index in [4.69, 9.17) is 39.5 Å². The zero-order chi connectivity index (χ0) is 25.7. The minimum Gasteiger partial charge on any atom is -0.437 e. The number of benzene rings is 2. The van der Waals surface area contributed by atoms with Crippen molar-refractivity contribution in [3.8, 4) is 11.6 Å². The molecule has 0 fully saturated rings. The van der Waals surface area contributed by atoms with Gasteiger partial charge in [0, 0.05) is 31.4 Å². The molecule has 0 unspecified atom stereocenters. The summed E-state index contributed by atoms with van der Waals surface area (Å²) < 4.78 is 34.1. The summed E-state index contributed by atoms with van der Waals surface area (Å²) >= 11 is 17.9. The monoisotopic (exact) mass is 567 g/mol. The van der Waals surface area contributed by atoms with Crippen molar-refractivity contribution in [2.24, 2.45) is 4.99 Å². The van der Waals surface area contributed by atoms with E-state index in [1.54, 1.807) is 24.5 Å². The average Bonchev–Trinajstić information content (AvgIpc) is 3.36. The van der Waals surface area contributed by atoms with Crippen LogP contribution >= 0.6 is 34.8 Å². The maximum Gasteiger partial charge on any atom is 0.262 e. The summed E-state index contributed by atoms with van der Waals surface area (Å²) in [7, 11) is -4.07. The van der Waals surface area contributed by atoms with Gasteiger partial charge in [-0.05, 0) is 42.5 Å². The number of aliphatic imine (C=N–C) groups is 1. The zero-order valence-electron chi connectivity index (χ0n) is 18.6. The van der Waals surface area contributed by atoms with Crippen LogP contribution in [-0.4, -0.2) is 56.7 Å². The lowest BCUT2D eigenvalue weighted by Gasteiger charge is -2.15. The number of hydrogen-bond donors (Lipinski definition) is 2. The Kier molecular flexibility index (Phi) is 8.20. The summed E-state index contributed by atoms with van der Waals surface area (Å²) in [5.74, 6) is -0.0609. The molecule has 9 nitrogen and oxygen atoms in total. The fraction of sp³-hybridized carbons (Fsp3) is 0.174. The molecule has 1 aliphatic rings. The molecule has 1 aromatic heterocycles. The van der Waals surface area contributed by atoms with E-state index in [2.05, 4.69) is 20.0 Å². The van der Waals surface area contributed by atoms with Crippen molar-refractivity contribution in [3.05, 3.63) is 75.4 Å².